The van der Waals surface area contributed by atoms with Gasteiger partial charge in [-0.3, -0.25) is 9.69 Å². The van der Waals surface area contributed by atoms with Crippen molar-refractivity contribution >= 4 is 40.8 Å². The smallest absolute Gasteiger partial charge is 0.242 e. The maximum atomic E-state index is 13.3. The number of hydrogen-bond donors (Lipinski definition) is 1. The molecule has 0 spiro atoms. The molecule has 2 N–H and O–H groups in total. The van der Waals surface area contributed by atoms with E-state index in [1.54, 1.807) is 29.0 Å². The van der Waals surface area contributed by atoms with E-state index >= 15 is 0 Å². The molecule has 0 atom stereocenters. The van der Waals surface area contributed by atoms with E-state index in [-0.39, 0.29) is 11.7 Å². The lowest BCUT2D eigenvalue weighted by atomic mass is 10.2. The first-order valence-electron chi connectivity index (χ1n) is 9.20. The molecule has 150 valence electrons. The number of carbonyl (C=O) groups excluding carboxylic acids is 1. The number of aryl methyl sites for hydroxylation is 1. The molecule has 2 aromatic heterocycles. The van der Waals surface area contributed by atoms with Crippen LogP contribution in [0.5, 0.6) is 0 Å². The van der Waals surface area contributed by atoms with Crippen LogP contribution in [-0.2, 0) is 4.79 Å². The molecule has 0 saturated carbocycles. The zero-order chi connectivity index (χ0) is 20.7. The number of fused-ring (bicyclic) bond motifs is 2. The molecule has 5 rings (SSSR count). The van der Waals surface area contributed by atoms with Crippen molar-refractivity contribution < 1.29 is 9.21 Å². The number of nitrogens with zero attached hydrogens (tertiary/aromatic N) is 4. The third-order valence-electron chi connectivity index (χ3n) is 4.77. The number of aromatic nitrogens is 3. The quantitative estimate of drug-likeness (QED) is 0.373. The molecule has 4 aromatic rings. The van der Waals surface area contributed by atoms with Crippen molar-refractivity contribution in [2.24, 2.45) is 0 Å². The van der Waals surface area contributed by atoms with E-state index in [0.717, 1.165) is 26.7 Å². The summed E-state index contributed by atoms with van der Waals surface area (Å²) in [7, 11) is 0. The SMILES string of the molecule is Cc1occc1-c1nnc(SCC(=O)N2c3ccccc3Sc3ccccc32)n1N. The number of hydrogen-bond acceptors (Lipinski definition) is 7. The molecule has 0 saturated heterocycles. The van der Waals surface area contributed by atoms with Crippen LogP contribution < -0.4 is 10.7 Å². The van der Waals surface area contributed by atoms with Crippen LogP contribution in [0.4, 0.5) is 11.4 Å². The summed E-state index contributed by atoms with van der Waals surface area (Å²) >= 11 is 2.93. The maximum Gasteiger partial charge on any atom is 0.242 e. The number of nitrogen functional groups attached to an aromatic ring is 1. The number of carbonyl (C=O) groups is 1. The van der Waals surface area contributed by atoms with Gasteiger partial charge in [0.1, 0.15) is 5.76 Å². The normalized spacial score (nSPS) is 12.5. The third kappa shape index (κ3) is 3.16. The Hall–Kier alpha value is -3.17. The number of thioether (sulfide) groups is 1. The lowest BCUT2D eigenvalue weighted by Gasteiger charge is -2.30. The highest BCUT2D eigenvalue weighted by molar-refractivity contribution is 8.00. The summed E-state index contributed by atoms with van der Waals surface area (Å²) in [6, 6.07) is 17.6. The predicted octanol–water partition coefficient (Wildman–Crippen LogP) is 4.48. The summed E-state index contributed by atoms with van der Waals surface area (Å²) in [5, 5.41) is 8.78. The summed E-state index contributed by atoms with van der Waals surface area (Å²) in [4.78, 5) is 17.2. The summed E-state index contributed by atoms with van der Waals surface area (Å²) in [5.74, 6) is 7.51. The van der Waals surface area contributed by atoms with Crippen LogP contribution in [0.3, 0.4) is 0 Å². The van der Waals surface area contributed by atoms with Gasteiger partial charge in [0.25, 0.3) is 0 Å². The zero-order valence-corrected chi connectivity index (χ0v) is 17.6. The molecular formula is C21H17N5O2S2. The van der Waals surface area contributed by atoms with Crippen LogP contribution in [0.25, 0.3) is 11.4 Å². The van der Waals surface area contributed by atoms with Crippen LogP contribution in [0.15, 0.2) is 80.2 Å². The van der Waals surface area contributed by atoms with E-state index in [0.29, 0.717) is 16.7 Å². The average Bonchev–Trinajstić information content (AvgIpc) is 3.35. The Morgan fingerprint density at radius 3 is 2.37 bits per heavy atom. The summed E-state index contributed by atoms with van der Waals surface area (Å²) < 4.78 is 6.71. The maximum absolute atomic E-state index is 13.3. The number of benzene rings is 2. The highest BCUT2D eigenvalue weighted by Crippen LogP contribution is 2.48. The number of para-hydroxylation sites is 2. The van der Waals surface area contributed by atoms with E-state index in [1.165, 1.54) is 16.4 Å². The van der Waals surface area contributed by atoms with E-state index in [2.05, 4.69) is 10.2 Å². The minimum absolute atomic E-state index is 0.0516. The van der Waals surface area contributed by atoms with Gasteiger partial charge in [-0.2, -0.15) is 0 Å². The molecule has 1 aliphatic rings. The Morgan fingerprint density at radius 1 is 1.07 bits per heavy atom. The average molecular weight is 436 g/mol. The second-order valence-electron chi connectivity index (χ2n) is 6.62. The van der Waals surface area contributed by atoms with Crippen molar-refractivity contribution in [3.8, 4) is 11.4 Å². The molecule has 1 amide bonds. The molecule has 3 heterocycles. The largest absolute Gasteiger partial charge is 0.469 e. The topological polar surface area (TPSA) is 90.2 Å². The molecule has 7 nitrogen and oxygen atoms in total. The third-order valence-corrected chi connectivity index (χ3v) is 6.83. The fourth-order valence-corrected chi connectivity index (χ4v) is 5.10. The van der Waals surface area contributed by atoms with Crippen molar-refractivity contribution in [3.05, 3.63) is 66.6 Å². The van der Waals surface area contributed by atoms with Crippen molar-refractivity contribution in [2.45, 2.75) is 21.9 Å². The first-order valence-corrected chi connectivity index (χ1v) is 11.0. The summed E-state index contributed by atoms with van der Waals surface area (Å²) in [6.45, 7) is 1.84. The van der Waals surface area contributed by atoms with Crippen LogP contribution in [0.2, 0.25) is 0 Å². The van der Waals surface area contributed by atoms with Crippen LogP contribution in [0.1, 0.15) is 5.76 Å². The van der Waals surface area contributed by atoms with Crippen molar-refractivity contribution in [2.75, 3.05) is 16.5 Å². The highest BCUT2D eigenvalue weighted by atomic mass is 32.2. The number of furan rings is 1. The number of anilines is 2. The molecule has 9 heteroatoms. The van der Waals surface area contributed by atoms with E-state index in [9.17, 15) is 4.79 Å². The minimum atomic E-state index is -0.0516. The van der Waals surface area contributed by atoms with E-state index in [1.807, 2.05) is 55.5 Å². The first-order chi connectivity index (χ1) is 14.6. The van der Waals surface area contributed by atoms with Crippen molar-refractivity contribution in [1.82, 2.24) is 14.9 Å². The van der Waals surface area contributed by atoms with E-state index < -0.39 is 0 Å². The fraction of sp³-hybridized carbons (Fsp3) is 0.0952. The van der Waals surface area contributed by atoms with Gasteiger partial charge in [0.2, 0.25) is 11.1 Å². The van der Waals surface area contributed by atoms with E-state index in [4.69, 9.17) is 10.3 Å². The Kier molecular flexibility index (Phi) is 4.76. The van der Waals surface area contributed by atoms with Crippen LogP contribution in [0, 0.1) is 6.92 Å². The molecule has 0 aliphatic carbocycles. The lowest BCUT2D eigenvalue weighted by molar-refractivity contribution is -0.115. The molecule has 0 bridgehead atoms. The van der Waals surface area contributed by atoms with Gasteiger partial charge < -0.3 is 10.3 Å². The molecule has 0 radical (unpaired) electrons. The molecule has 0 fully saturated rings. The van der Waals surface area contributed by atoms with Gasteiger partial charge in [0.05, 0.1) is 29.0 Å². The predicted molar refractivity (Wildman–Crippen MR) is 117 cm³/mol. The number of nitrogens with two attached hydrogens (primary N) is 1. The molecule has 0 unspecified atom stereocenters. The van der Waals surface area contributed by atoms with Gasteiger partial charge in [-0.15, -0.1) is 10.2 Å². The standard InChI is InChI=1S/C21H17N5O2S2/c1-13-14(10-11-28-13)20-23-24-21(26(20)22)29-12-19(27)25-15-6-2-4-8-17(15)30-18-9-5-3-7-16(18)25/h2-11H,12,22H2,1H3. The summed E-state index contributed by atoms with van der Waals surface area (Å²) in [6.07, 6.45) is 1.58. The van der Waals surface area contributed by atoms with Gasteiger partial charge in [-0.05, 0) is 37.3 Å². The number of amides is 1. The Morgan fingerprint density at radius 2 is 1.73 bits per heavy atom. The fourth-order valence-electron chi connectivity index (χ4n) is 3.34. The lowest BCUT2D eigenvalue weighted by Crippen LogP contribution is -2.30. The monoisotopic (exact) mass is 435 g/mol. The second-order valence-corrected chi connectivity index (χ2v) is 8.65. The Balaban J connectivity index is 1.41. The van der Waals surface area contributed by atoms with Crippen LogP contribution in [-0.4, -0.2) is 26.5 Å². The Labute approximate surface area is 181 Å². The zero-order valence-electron chi connectivity index (χ0n) is 16.0. The van der Waals surface area contributed by atoms with Gasteiger partial charge in [-0.1, -0.05) is 47.8 Å². The highest BCUT2D eigenvalue weighted by Gasteiger charge is 2.28. The molecule has 30 heavy (non-hydrogen) atoms. The molecule has 1 aliphatic heterocycles. The Bertz CT molecular complexity index is 1200. The summed E-state index contributed by atoms with van der Waals surface area (Å²) in [5.41, 5.74) is 2.55. The van der Waals surface area contributed by atoms with Gasteiger partial charge in [-0.25, -0.2) is 4.68 Å². The second kappa shape index (κ2) is 7.58. The first kappa shape index (κ1) is 18.8. The number of rotatable bonds is 4. The van der Waals surface area contributed by atoms with Gasteiger partial charge >= 0.3 is 0 Å². The minimum Gasteiger partial charge on any atom is -0.469 e. The molecular weight excluding hydrogens is 418 g/mol. The van der Waals surface area contributed by atoms with Crippen molar-refractivity contribution in [1.29, 1.82) is 0 Å². The van der Waals surface area contributed by atoms with Gasteiger partial charge in [0, 0.05) is 9.79 Å². The van der Waals surface area contributed by atoms with Crippen molar-refractivity contribution in [3.63, 3.8) is 0 Å². The molecule has 2 aromatic carbocycles. The van der Waals surface area contributed by atoms with Gasteiger partial charge in [0.15, 0.2) is 5.82 Å². The van der Waals surface area contributed by atoms with Crippen LogP contribution >= 0.6 is 23.5 Å².